The first-order valence-corrected chi connectivity index (χ1v) is 8.74. The van der Waals surface area contributed by atoms with Gasteiger partial charge in [-0.15, -0.1) is 0 Å². The molecule has 0 bridgehead atoms. The normalized spacial score (nSPS) is 15.8. The third kappa shape index (κ3) is 3.91. The van der Waals surface area contributed by atoms with E-state index in [0.717, 1.165) is 0 Å². The summed E-state index contributed by atoms with van der Waals surface area (Å²) in [6.45, 7) is 0.208. The second kappa shape index (κ2) is 8.44. The Hall–Kier alpha value is -3.53. The van der Waals surface area contributed by atoms with Crippen molar-refractivity contribution in [2.45, 2.75) is 13.0 Å². The number of rotatable bonds is 6. The number of nitrogens with zero attached hydrogens (tertiary/aromatic N) is 2. The van der Waals surface area contributed by atoms with Crippen LogP contribution in [0.3, 0.4) is 0 Å². The zero-order valence-electron chi connectivity index (χ0n) is 15.7. The molecule has 1 fully saturated rings. The highest BCUT2D eigenvalue weighted by Gasteiger charge is 2.37. The number of benzene rings is 2. The van der Waals surface area contributed by atoms with Crippen molar-refractivity contribution in [3.8, 4) is 17.6 Å². The topological polar surface area (TPSA) is 88.9 Å². The molecule has 0 radical (unpaired) electrons. The summed E-state index contributed by atoms with van der Waals surface area (Å²) in [4.78, 5) is 26.5. The third-order valence-electron chi connectivity index (χ3n) is 4.64. The Bertz CT molecular complexity index is 935. The molecule has 0 saturated carbocycles. The Morgan fingerprint density at radius 1 is 1.21 bits per heavy atom. The Balaban J connectivity index is 1.69. The predicted octanol–water partition coefficient (Wildman–Crippen LogP) is 2.67. The van der Waals surface area contributed by atoms with E-state index in [9.17, 15) is 9.59 Å². The summed E-state index contributed by atoms with van der Waals surface area (Å²) in [6.07, 6.45) is 0.0634. The number of carbonyl (C=O) groups excluding carboxylic acids is 2. The van der Waals surface area contributed by atoms with Crippen LogP contribution < -0.4 is 14.4 Å². The molecule has 0 N–H and O–H groups in total. The van der Waals surface area contributed by atoms with Gasteiger partial charge in [-0.05, 0) is 18.2 Å². The lowest BCUT2D eigenvalue weighted by Gasteiger charge is -2.20. The van der Waals surface area contributed by atoms with Crippen LogP contribution in [0.1, 0.15) is 17.5 Å². The molecule has 1 amide bonds. The molecule has 0 aliphatic carbocycles. The summed E-state index contributed by atoms with van der Waals surface area (Å²) in [7, 11) is 3.06. The summed E-state index contributed by atoms with van der Waals surface area (Å²) in [5.74, 6) is -0.114. The number of amides is 1. The highest BCUT2D eigenvalue weighted by atomic mass is 16.5. The quantitative estimate of drug-likeness (QED) is 0.716. The number of carbonyl (C=O) groups is 2. The van der Waals surface area contributed by atoms with Gasteiger partial charge in [-0.1, -0.05) is 18.2 Å². The predicted molar refractivity (Wildman–Crippen MR) is 101 cm³/mol. The lowest BCUT2D eigenvalue weighted by molar-refractivity contribution is -0.149. The summed E-state index contributed by atoms with van der Waals surface area (Å²) >= 11 is 0. The van der Waals surface area contributed by atoms with Gasteiger partial charge in [-0.3, -0.25) is 9.59 Å². The van der Waals surface area contributed by atoms with Gasteiger partial charge >= 0.3 is 5.97 Å². The van der Waals surface area contributed by atoms with Crippen molar-refractivity contribution in [1.82, 2.24) is 0 Å². The first-order valence-electron chi connectivity index (χ1n) is 8.74. The SMILES string of the molecule is COc1ccc(N2C[C@H](C(=O)OCc3ccccc3C#N)CC2=O)c(OC)c1. The average molecular weight is 380 g/mol. The number of nitriles is 1. The van der Waals surface area contributed by atoms with Crippen LogP contribution in [0.15, 0.2) is 42.5 Å². The first kappa shape index (κ1) is 19.2. The van der Waals surface area contributed by atoms with Crippen molar-refractivity contribution in [3.63, 3.8) is 0 Å². The van der Waals surface area contributed by atoms with E-state index in [1.54, 1.807) is 49.6 Å². The fourth-order valence-corrected chi connectivity index (χ4v) is 3.13. The van der Waals surface area contributed by atoms with E-state index in [1.165, 1.54) is 12.0 Å². The molecule has 1 atom stereocenters. The monoisotopic (exact) mass is 380 g/mol. The lowest BCUT2D eigenvalue weighted by atomic mass is 10.1. The van der Waals surface area contributed by atoms with Gasteiger partial charge in [0.25, 0.3) is 0 Å². The zero-order chi connectivity index (χ0) is 20.1. The van der Waals surface area contributed by atoms with Crippen LogP contribution in [0.4, 0.5) is 5.69 Å². The summed E-state index contributed by atoms with van der Waals surface area (Å²) in [5.41, 5.74) is 1.68. The fourth-order valence-electron chi connectivity index (χ4n) is 3.13. The largest absolute Gasteiger partial charge is 0.497 e. The number of hydrogen-bond acceptors (Lipinski definition) is 6. The number of methoxy groups -OCH3 is 2. The number of anilines is 1. The average Bonchev–Trinajstić information content (AvgIpc) is 3.13. The molecule has 7 nitrogen and oxygen atoms in total. The van der Waals surface area contributed by atoms with Crippen molar-refractivity contribution in [3.05, 3.63) is 53.6 Å². The smallest absolute Gasteiger partial charge is 0.311 e. The highest BCUT2D eigenvalue weighted by Crippen LogP contribution is 2.36. The fraction of sp³-hybridized carbons (Fsp3) is 0.286. The minimum absolute atomic E-state index is 0.000879. The maximum atomic E-state index is 12.5. The van der Waals surface area contributed by atoms with Crippen LogP contribution in [0.2, 0.25) is 0 Å². The van der Waals surface area contributed by atoms with Gasteiger partial charge in [-0.25, -0.2) is 0 Å². The summed E-state index contributed by atoms with van der Waals surface area (Å²) in [6, 6.07) is 14.1. The van der Waals surface area contributed by atoms with E-state index >= 15 is 0 Å². The summed E-state index contributed by atoms with van der Waals surface area (Å²) < 4.78 is 15.9. The Morgan fingerprint density at radius 3 is 2.71 bits per heavy atom. The van der Waals surface area contributed by atoms with Gasteiger partial charge in [0.05, 0.1) is 37.5 Å². The molecular formula is C21H20N2O5. The molecule has 28 heavy (non-hydrogen) atoms. The van der Waals surface area contributed by atoms with Crippen molar-refractivity contribution in [2.75, 3.05) is 25.7 Å². The molecule has 2 aromatic rings. The van der Waals surface area contributed by atoms with Crippen LogP contribution in [-0.4, -0.2) is 32.6 Å². The molecule has 0 aromatic heterocycles. The van der Waals surface area contributed by atoms with E-state index in [-0.39, 0.29) is 25.5 Å². The van der Waals surface area contributed by atoms with Crippen LogP contribution in [0, 0.1) is 17.2 Å². The minimum atomic E-state index is -0.575. The minimum Gasteiger partial charge on any atom is -0.497 e. The molecule has 2 aromatic carbocycles. The van der Waals surface area contributed by atoms with E-state index in [2.05, 4.69) is 6.07 Å². The summed E-state index contributed by atoms with van der Waals surface area (Å²) in [5, 5.41) is 9.11. The van der Waals surface area contributed by atoms with Crippen molar-refractivity contribution >= 4 is 17.6 Å². The molecule has 0 spiro atoms. The van der Waals surface area contributed by atoms with Gasteiger partial charge in [0.2, 0.25) is 5.91 Å². The molecule has 144 valence electrons. The lowest BCUT2D eigenvalue weighted by Crippen LogP contribution is -2.26. The second-order valence-corrected chi connectivity index (χ2v) is 6.32. The molecule has 7 heteroatoms. The Morgan fingerprint density at radius 2 is 2.00 bits per heavy atom. The molecule has 1 aliphatic rings. The first-order chi connectivity index (χ1) is 13.6. The maximum absolute atomic E-state index is 12.5. The standard InChI is InChI=1S/C21H20N2O5/c1-26-17-7-8-18(19(10-17)27-2)23-12-16(9-20(23)24)21(25)28-13-15-6-4-3-5-14(15)11-22/h3-8,10,16H,9,12-13H2,1-2H3/t16-/m1/s1. The molecule has 0 unspecified atom stereocenters. The molecule has 1 saturated heterocycles. The van der Waals surface area contributed by atoms with E-state index in [1.807, 2.05) is 0 Å². The maximum Gasteiger partial charge on any atom is 0.311 e. The van der Waals surface area contributed by atoms with Crippen LogP contribution in [0.25, 0.3) is 0 Å². The van der Waals surface area contributed by atoms with Crippen molar-refractivity contribution in [1.29, 1.82) is 5.26 Å². The van der Waals surface area contributed by atoms with Crippen LogP contribution in [-0.2, 0) is 20.9 Å². The number of ether oxygens (including phenoxy) is 3. The van der Waals surface area contributed by atoms with E-state index in [4.69, 9.17) is 19.5 Å². The highest BCUT2D eigenvalue weighted by molar-refractivity contribution is 6.00. The number of hydrogen-bond donors (Lipinski definition) is 0. The Kier molecular flexibility index (Phi) is 5.80. The molecule has 1 heterocycles. The van der Waals surface area contributed by atoms with Crippen molar-refractivity contribution < 1.29 is 23.8 Å². The third-order valence-corrected chi connectivity index (χ3v) is 4.64. The van der Waals surface area contributed by atoms with Gasteiger partial charge in [-0.2, -0.15) is 5.26 Å². The van der Waals surface area contributed by atoms with E-state index in [0.29, 0.717) is 28.3 Å². The van der Waals surface area contributed by atoms with Gasteiger partial charge in [0.1, 0.15) is 18.1 Å². The number of esters is 1. The molecule has 1 aliphatic heterocycles. The molecular weight excluding hydrogens is 360 g/mol. The second-order valence-electron chi connectivity index (χ2n) is 6.32. The van der Waals surface area contributed by atoms with Crippen molar-refractivity contribution in [2.24, 2.45) is 5.92 Å². The van der Waals surface area contributed by atoms with Gasteiger partial charge in [0, 0.05) is 24.6 Å². The van der Waals surface area contributed by atoms with Gasteiger partial charge < -0.3 is 19.1 Å². The van der Waals surface area contributed by atoms with Crippen LogP contribution >= 0.6 is 0 Å². The zero-order valence-corrected chi connectivity index (χ0v) is 15.7. The van der Waals surface area contributed by atoms with Gasteiger partial charge in [0.15, 0.2) is 0 Å². The van der Waals surface area contributed by atoms with E-state index < -0.39 is 11.9 Å². The Labute approximate surface area is 163 Å². The van der Waals surface area contributed by atoms with Crippen LogP contribution in [0.5, 0.6) is 11.5 Å². The molecule has 3 rings (SSSR count).